The zero-order valence-corrected chi connectivity index (χ0v) is 14.2. The molecule has 0 aliphatic rings. The third kappa shape index (κ3) is 6.15. The number of hydrogen-bond donors (Lipinski definition) is 1. The minimum atomic E-state index is 0.325. The van der Waals surface area contributed by atoms with Gasteiger partial charge in [0.15, 0.2) is 0 Å². The lowest BCUT2D eigenvalue weighted by molar-refractivity contribution is 0.298. The summed E-state index contributed by atoms with van der Waals surface area (Å²) in [5.41, 5.74) is 1.53. The van der Waals surface area contributed by atoms with E-state index in [1.807, 2.05) is 12.1 Å². The molecule has 20 heavy (non-hydrogen) atoms. The lowest BCUT2D eigenvalue weighted by Gasteiger charge is -2.25. The van der Waals surface area contributed by atoms with Crippen LogP contribution in [0.25, 0.3) is 0 Å². The van der Waals surface area contributed by atoms with E-state index < -0.39 is 0 Å². The van der Waals surface area contributed by atoms with Crippen LogP contribution >= 0.6 is 11.6 Å². The summed E-state index contributed by atoms with van der Waals surface area (Å²) in [5, 5.41) is 4.29. The highest BCUT2D eigenvalue weighted by Gasteiger charge is 2.18. The maximum Gasteiger partial charge on any atom is 0.120 e. The Balaban J connectivity index is 2.48. The van der Waals surface area contributed by atoms with E-state index >= 15 is 0 Å². The Morgan fingerprint density at radius 1 is 1.25 bits per heavy atom. The van der Waals surface area contributed by atoms with Gasteiger partial charge in [-0.15, -0.1) is 0 Å². The number of halogens is 1. The summed E-state index contributed by atoms with van der Waals surface area (Å²) in [6, 6.07) is 6.50. The summed E-state index contributed by atoms with van der Waals surface area (Å²) < 4.78 is 5.18. The normalized spacial score (nSPS) is 11.9. The van der Waals surface area contributed by atoms with E-state index in [0.717, 1.165) is 30.2 Å². The van der Waals surface area contributed by atoms with E-state index in [1.54, 1.807) is 7.11 Å². The van der Waals surface area contributed by atoms with Crippen LogP contribution in [0.15, 0.2) is 18.2 Å². The fourth-order valence-corrected chi connectivity index (χ4v) is 2.42. The SMILES string of the molecule is COc1ccc(CCC(C)(C)CCNC(C)C)c(Cl)c1. The molecule has 0 saturated carbocycles. The summed E-state index contributed by atoms with van der Waals surface area (Å²) in [6.45, 7) is 10.1. The van der Waals surface area contributed by atoms with Gasteiger partial charge in [-0.25, -0.2) is 0 Å². The van der Waals surface area contributed by atoms with Crippen molar-refractivity contribution in [1.29, 1.82) is 0 Å². The van der Waals surface area contributed by atoms with Gasteiger partial charge in [-0.1, -0.05) is 45.4 Å². The van der Waals surface area contributed by atoms with Gasteiger partial charge in [0, 0.05) is 11.1 Å². The number of rotatable bonds is 8. The first kappa shape index (κ1) is 17.3. The van der Waals surface area contributed by atoms with Crippen molar-refractivity contribution in [2.45, 2.75) is 53.0 Å². The van der Waals surface area contributed by atoms with Crippen molar-refractivity contribution in [3.63, 3.8) is 0 Å². The molecule has 2 nitrogen and oxygen atoms in total. The molecule has 0 saturated heterocycles. The smallest absolute Gasteiger partial charge is 0.120 e. The molecule has 3 heteroatoms. The highest BCUT2D eigenvalue weighted by molar-refractivity contribution is 6.31. The Hall–Kier alpha value is -0.730. The fraction of sp³-hybridized carbons (Fsp3) is 0.647. The second-order valence-corrected chi connectivity index (χ2v) is 6.89. The fourth-order valence-electron chi connectivity index (χ4n) is 2.16. The molecule has 0 amide bonds. The van der Waals surface area contributed by atoms with Crippen LogP contribution in [0.3, 0.4) is 0 Å². The summed E-state index contributed by atoms with van der Waals surface area (Å²) in [4.78, 5) is 0. The number of benzene rings is 1. The Kier molecular flexibility index (Phi) is 6.84. The Labute approximate surface area is 128 Å². The quantitative estimate of drug-likeness (QED) is 0.751. The van der Waals surface area contributed by atoms with Crippen molar-refractivity contribution in [3.8, 4) is 5.75 Å². The lowest BCUT2D eigenvalue weighted by Crippen LogP contribution is -2.28. The van der Waals surface area contributed by atoms with Gasteiger partial charge in [0.1, 0.15) is 5.75 Å². The maximum atomic E-state index is 6.29. The standard InChI is InChI=1S/C17H28ClNO/c1-13(2)19-11-10-17(3,4)9-8-14-6-7-15(20-5)12-16(14)18/h6-7,12-13,19H,8-11H2,1-5H3. The lowest BCUT2D eigenvalue weighted by atomic mass is 9.83. The van der Waals surface area contributed by atoms with Crippen LogP contribution in [0, 0.1) is 5.41 Å². The predicted octanol–water partition coefficient (Wildman–Crippen LogP) is 4.70. The summed E-state index contributed by atoms with van der Waals surface area (Å²) in [7, 11) is 1.66. The second kappa shape index (κ2) is 7.90. The topological polar surface area (TPSA) is 21.3 Å². The summed E-state index contributed by atoms with van der Waals surface area (Å²) in [6.07, 6.45) is 3.33. The van der Waals surface area contributed by atoms with Gasteiger partial charge in [-0.05, 0) is 48.9 Å². The van der Waals surface area contributed by atoms with Crippen LogP contribution in [-0.2, 0) is 6.42 Å². The average molecular weight is 298 g/mol. The van der Waals surface area contributed by atoms with Crippen LogP contribution in [0.5, 0.6) is 5.75 Å². The van der Waals surface area contributed by atoms with Crippen molar-refractivity contribution in [3.05, 3.63) is 28.8 Å². The van der Waals surface area contributed by atoms with Gasteiger partial charge in [0.2, 0.25) is 0 Å². The van der Waals surface area contributed by atoms with Gasteiger partial charge in [0.25, 0.3) is 0 Å². The predicted molar refractivity (Wildman–Crippen MR) is 87.9 cm³/mol. The van der Waals surface area contributed by atoms with Crippen molar-refractivity contribution in [2.24, 2.45) is 5.41 Å². The number of ether oxygens (including phenoxy) is 1. The average Bonchev–Trinajstić information content (AvgIpc) is 2.36. The first-order valence-corrected chi connectivity index (χ1v) is 7.77. The van der Waals surface area contributed by atoms with Crippen LogP contribution in [0.2, 0.25) is 5.02 Å². The maximum absolute atomic E-state index is 6.29. The number of methoxy groups -OCH3 is 1. The molecule has 0 fully saturated rings. The molecule has 0 aliphatic heterocycles. The molecule has 0 radical (unpaired) electrons. The van der Waals surface area contributed by atoms with Crippen molar-refractivity contribution < 1.29 is 4.74 Å². The number of aryl methyl sites for hydroxylation is 1. The Morgan fingerprint density at radius 3 is 2.50 bits per heavy atom. The number of nitrogens with one attached hydrogen (secondary N) is 1. The Morgan fingerprint density at radius 2 is 1.95 bits per heavy atom. The summed E-state index contributed by atoms with van der Waals surface area (Å²) >= 11 is 6.29. The van der Waals surface area contributed by atoms with Crippen LogP contribution < -0.4 is 10.1 Å². The first-order valence-electron chi connectivity index (χ1n) is 7.40. The molecule has 0 bridgehead atoms. The molecule has 114 valence electrons. The van der Waals surface area contributed by atoms with Gasteiger partial charge in [-0.2, -0.15) is 0 Å². The molecule has 1 aromatic rings. The molecular formula is C17H28ClNO. The molecule has 0 aromatic heterocycles. The minimum absolute atomic E-state index is 0.325. The zero-order chi connectivity index (χ0) is 15.2. The zero-order valence-electron chi connectivity index (χ0n) is 13.4. The van der Waals surface area contributed by atoms with E-state index in [2.05, 4.69) is 39.1 Å². The first-order chi connectivity index (χ1) is 9.34. The monoisotopic (exact) mass is 297 g/mol. The van der Waals surface area contributed by atoms with E-state index in [4.69, 9.17) is 16.3 Å². The van der Waals surface area contributed by atoms with Gasteiger partial charge in [-0.3, -0.25) is 0 Å². The third-order valence-electron chi connectivity index (χ3n) is 3.69. The highest BCUT2D eigenvalue weighted by Crippen LogP contribution is 2.30. The van der Waals surface area contributed by atoms with Crippen LogP contribution in [-0.4, -0.2) is 19.7 Å². The van der Waals surface area contributed by atoms with E-state index in [-0.39, 0.29) is 0 Å². The largest absolute Gasteiger partial charge is 0.497 e. The molecular weight excluding hydrogens is 270 g/mol. The van der Waals surface area contributed by atoms with E-state index in [9.17, 15) is 0 Å². The van der Waals surface area contributed by atoms with Crippen molar-refractivity contribution in [1.82, 2.24) is 5.32 Å². The van der Waals surface area contributed by atoms with E-state index in [1.165, 1.54) is 12.0 Å². The molecule has 0 spiro atoms. The van der Waals surface area contributed by atoms with Gasteiger partial charge >= 0.3 is 0 Å². The molecule has 1 aromatic carbocycles. The van der Waals surface area contributed by atoms with Crippen molar-refractivity contribution in [2.75, 3.05) is 13.7 Å². The van der Waals surface area contributed by atoms with E-state index in [0.29, 0.717) is 11.5 Å². The minimum Gasteiger partial charge on any atom is -0.497 e. The molecule has 1 N–H and O–H groups in total. The van der Waals surface area contributed by atoms with Crippen molar-refractivity contribution >= 4 is 11.6 Å². The molecule has 0 atom stereocenters. The molecule has 0 aliphatic carbocycles. The van der Waals surface area contributed by atoms with Gasteiger partial charge in [0.05, 0.1) is 7.11 Å². The third-order valence-corrected chi connectivity index (χ3v) is 4.04. The van der Waals surface area contributed by atoms with Gasteiger partial charge < -0.3 is 10.1 Å². The second-order valence-electron chi connectivity index (χ2n) is 6.48. The van der Waals surface area contributed by atoms with Crippen LogP contribution in [0.4, 0.5) is 0 Å². The summed E-state index contributed by atoms with van der Waals surface area (Å²) in [5.74, 6) is 0.819. The molecule has 0 unspecified atom stereocenters. The Bertz CT molecular complexity index is 415. The molecule has 1 rings (SSSR count). The highest BCUT2D eigenvalue weighted by atomic mass is 35.5. The molecule has 0 heterocycles. The van der Waals surface area contributed by atoms with Crippen LogP contribution in [0.1, 0.15) is 46.1 Å². The number of hydrogen-bond acceptors (Lipinski definition) is 2.